The minimum Gasteiger partial charge on any atom is -0.382 e. The van der Waals surface area contributed by atoms with Crippen LogP contribution in [-0.2, 0) is 6.54 Å². The molecule has 0 aliphatic carbocycles. The fraction of sp³-hybridized carbons (Fsp3) is 0.100. The number of nitrogens with two attached hydrogens (primary N) is 2. The Morgan fingerprint density at radius 1 is 0.933 bits per heavy atom. The van der Waals surface area contributed by atoms with E-state index in [1.807, 2.05) is 12.1 Å². The summed E-state index contributed by atoms with van der Waals surface area (Å²) in [6.45, 7) is 0.487. The highest BCUT2D eigenvalue weighted by molar-refractivity contribution is 5.53. The molecule has 2 rings (SSSR count). The predicted octanol–water partition coefficient (Wildman–Crippen LogP) is 0.579. The molecule has 4 N–H and O–H groups in total. The number of pyridine rings is 1. The van der Waals surface area contributed by atoms with Crippen molar-refractivity contribution >= 4 is 5.82 Å². The number of rotatable bonds is 2. The lowest BCUT2D eigenvalue weighted by Gasteiger charge is -2.00. The molecular weight excluding hydrogens is 190 g/mol. The maximum atomic E-state index is 5.47. The van der Waals surface area contributed by atoms with Gasteiger partial charge in [0.05, 0.1) is 18.1 Å². The van der Waals surface area contributed by atoms with Gasteiger partial charge in [0, 0.05) is 12.7 Å². The SMILES string of the molecule is NCc1ccc(-c2cnc(N)cn2)nc1. The third-order valence-corrected chi connectivity index (χ3v) is 1.99. The standard InChI is InChI=1S/C10H11N5/c11-3-7-1-2-8(13-4-7)9-5-15-10(12)6-14-9/h1-2,4-6H,3,11H2,(H2,12,15). The van der Waals surface area contributed by atoms with E-state index in [0.717, 1.165) is 11.3 Å². The summed E-state index contributed by atoms with van der Waals surface area (Å²) in [6, 6.07) is 3.78. The monoisotopic (exact) mass is 201 g/mol. The second-order valence-corrected chi connectivity index (χ2v) is 3.08. The number of hydrogen-bond donors (Lipinski definition) is 2. The fourth-order valence-electron chi connectivity index (χ4n) is 1.17. The predicted molar refractivity (Wildman–Crippen MR) is 57.6 cm³/mol. The molecule has 0 aliphatic rings. The summed E-state index contributed by atoms with van der Waals surface area (Å²) in [4.78, 5) is 12.3. The van der Waals surface area contributed by atoms with Crippen LogP contribution >= 0.6 is 0 Å². The van der Waals surface area contributed by atoms with Gasteiger partial charge in [-0.25, -0.2) is 9.97 Å². The Bertz CT molecular complexity index is 434. The normalized spacial score (nSPS) is 10.2. The van der Waals surface area contributed by atoms with Crippen molar-refractivity contribution in [3.8, 4) is 11.4 Å². The molecule has 2 heterocycles. The number of anilines is 1. The lowest BCUT2D eigenvalue weighted by Crippen LogP contribution is -1.98. The molecule has 0 fully saturated rings. The van der Waals surface area contributed by atoms with Gasteiger partial charge in [-0.15, -0.1) is 0 Å². The molecule has 0 saturated heterocycles. The number of hydrogen-bond acceptors (Lipinski definition) is 5. The highest BCUT2D eigenvalue weighted by atomic mass is 14.9. The largest absolute Gasteiger partial charge is 0.382 e. The van der Waals surface area contributed by atoms with Crippen LogP contribution in [0.3, 0.4) is 0 Å². The lowest BCUT2D eigenvalue weighted by molar-refractivity contribution is 1.05. The first-order valence-corrected chi connectivity index (χ1v) is 4.52. The number of aromatic nitrogens is 3. The molecule has 2 aromatic rings. The summed E-state index contributed by atoms with van der Waals surface area (Å²) in [7, 11) is 0. The van der Waals surface area contributed by atoms with Crippen molar-refractivity contribution in [2.24, 2.45) is 5.73 Å². The van der Waals surface area contributed by atoms with Crippen LogP contribution in [0.5, 0.6) is 0 Å². The Morgan fingerprint density at radius 2 is 1.73 bits per heavy atom. The molecule has 0 bridgehead atoms. The van der Waals surface area contributed by atoms with Crippen molar-refractivity contribution < 1.29 is 0 Å². The van der Waals surface area contributed by atoms with Crippen LogP contribution in [0.4, 0.5) is 5.82 Å². The van der Waals surface area contributed by atoms with Crippen LogP contribution in [0.2, 0.25) is 0 Å². The third kappa shape index (κ3) is 2.08. The van der Waals surface area contributed by atoms with Crippen LogP contribution in [0, 0.1) is 0 Å². The molecule has 15 heavy (non-hydrogen) atoms. The summed E-state index contributed by atoms with van der Waals surface area (Å²) < 4.78 is 0. The average Bonchev–Trinajstić information content (AvgIpc) is 2.30. The van der Waals surface area contributed by atoms with E-state index < -0.39 is 0 Å². The average molecular weight is 201 g/mol. The van der Waals surface area contributed by atoms with E-state index in [9.17, 15) is 0 Å². The molecule has 5 nitrogen and oxygen atoms in total. The van der Waals surface area contributed by atoms with Gasteiger partial charge in [-0.3, -0.25) is 4.98 Å². The Kier molecular flexibility index (Phi) is 2.55. The van der Waals surface area contributed by atoms with Crippen molar-refractivity contribution in [1.29, 1.82) is 0 Å². The smallest absolute Gasteiger partial charge is 0.141 e. The first kappa shape index (κ1) is 9.54. The van der Waals surface area contributed by atoms with Crippen LogP contribution in [0.25, 0.3) is 11.4 Å². The van der Waals surface area contributed by atoms with Crippen molar-refractivity contribution in [2.75, 3.05) is 5.73 Å². The second-order valence-electron chi connectivity index (χ2n) is 3.08. The zero-order valence-corrected chi connectivity index (χ0v) is 8.09. The van der Waals surface area contributed by atoms with Crippen molar-refractivity contribution in [3.63, 3.8) is 0 Å². The summed E-state index contributed by atoms with van der Waals surface area (Å²) in [5, 5.41) is 0. The minimum absolute atomic E-state index is 0.400. The Hall–Kier alpha value is -2.01. The summed E-state index contributed by atoms with van der Waals surface area (Å²) in [5.74, 6) is 0.400. The Labute approximate surface area is 87.2 Å². The minimum atomic E-state index is 0.400. The van der Waals surface area contributed by atoms with Crippen molar-refractivity contribution in [1.82, 2.24) is 15.0 Å². The van der Waals surface area contributed by atoms with Gasteiger partial charge in [-0.05, 0) is 11.6 Å². The van der Waals surface area contributed by atoms with Gasteiger partial charge in [0.1, 0.15) is 11.5 Å². The van der Waals surface area contributed by atoms with E-state index in [0.29, 0.717) is 18.1 Å². The molecule has 0 atom stereocenters. The van der Waals surface area contributed by atoms with Crippen LogP contribution in [0.15, 0.2) is 30.7 Å². The van der Waals surface area contributed by atoms with E-state index in [1.54, 1.807) is 12.4 Å². The molecule has 0 aliphatic heterocycles. The van der Waals surface area contributed by atoms with Gasteiger partial charge in [0.25, 0.3) is 0 Å². The van der Waals surface area contributed by atoms with Gasteiger partial charge in [0.15, 0.2) is 0 Å². The van der Waals surface area contributed by atoms with E-state index >= 15 is 0 Å². The number of nitrogens with zero attached hydrogens (tertiary/aromatic N) is 3. The van der Waals surface area contributed by atoms with E-state index in [4.69, 9.17) is 11.5 Å². The molecule has 0 spiro atoms. The summed E-state index contributed by atoms with van der Waals surface area (Å²) >= 11 is 0. The molecule has 0 amide bonds. The van der Waals surface area contributed by atoms with Crippen LogP contribution in [-0.4, -0.2) is 15.0 Å². The van der Waals surface area contributed by atoms with Gasteiger partial charge < -0.3 is 11.5 Å². The molecule has 0 radical (unpaired) electrons. The first-order chi connectivity index (χ1) is 7.29. The molecular formula is C10H11N5. The zero-order chi connectivity index (χ0) is 10.7. The van der Waals surface area contributed by atoms with Crippen molar-refractivity contribution in [2.45, 2.75) is 6.54 Å². The lowest BCUT2D eigenvalue weighted by atomic mass is 10.2. The van der Waals surface area contributed by atoms with E-state index in [1.165, 1.54) is 6.20 Å². The van der Waals surface area contributed by atoms with Gasteiger partial charge in [-0.1, -0.05) is 6.07 Å². The first-order valence-electron chi connectivity index (χ1n) is 4.52. The fourth-order valence-corrected chi connectivity index (χ4v) is 1.17. The maximum Gasteiger partial charge on any atom is 0.141 e. The maximum absolute atomic E-state index is 5.47. The Balaban J connectivity index is 2.33. The van der Waals surface area contributed by atoms with Gasteiger partial charge in [0.2, 0.25) is 0 Å². The van der Waals surface area contributed by atoms with E-state index in [-0.39, 0.29) is 0 Å². The topological polar surface area (TPSA) is 90.7 Å². The van der Waals surface area contributed by atoms with Crippen LogP contribution in [0.1, 0.15) is 5.56 Å². The molecule has 2 aromatic heterocycles. The molecule has 0 saturated carbocycles. The van der Waals surface area contributed by atoms with Gasteiger partial charge in [-0.2, -0.15) is 0 Å². The quantitative estimate of drug-likeness (QED) is 0.741. The summed E-state index contributed by atoms with van der Waals surface area (Å²) in [6.07, 6.45) is 4.83. The van der Waals surface area contributed by atoms with E-state index in [2.05, 4.69) is 15.0 Å². The summed E-state index contributed by atoms with van der Waals surface area (Å²) in [5.41, 5.74) is 13.4. The van der Waals surface area contributed by atoms with Gasteiger partial charge >= 0.3 is 0 Å². The number of nitrogen functional groups attached to an aromatic ring is 1. The Morgan fingerprint density at radius 3 is 2.27 bits per heavy atom. The van der Waals surface area contributed by atoms with Crippen LogP contribution < -0.4 is 11.5 Å². The molecule has 0 aromatic carbocycles. The zero-order valence-electron chi connectivity index (χ0n) is 8.09. The molecule has 76 valence electrons. The molecule has 0 unspecified atom stereocenters. The van der Waals surface area contributed by atoms with Crippen molar-refractivity contribution in [3.05, 3.63) is 36.3 Å². The third-order valence-electron chi connectivity index (χ3n) is 1.99. The highest BCUT2D eigenvalue weighted by Gasteiger charge is 2.00. The molecule has 5 heteroatoms. The second kappa shape index (κ2) is 4.02. The highest BCUT2D eigenvalue weighted by Crippen LogP contribution is 2.13.